The van der Waals surface area contributed by atoms with Gasteiger partial charge in [0, 0.05) is 51.2 Å². The lowest BCUT2D eigenvalue weighted by molar-refractivity contribution is 0.0740. The normalized spacial score (nSPS) is 14.1. The van der Waals surface area contributed by atoms with Crippen molar-refractivity contribution >= 4 is 17.5 Å². The van der Waals surface area contributed by atoms with E-state index in [0.29, 0.717) is 37.9 Å². The lowest BCUT2D eigenvalue weighted by atomic mass is 10.2. The summed E-state index contributed by atoms with van der Waals surface area (Å²) in [5.41, 5.74) is 2.32. The molecule has 150 valence electrons. The van der Waals surface area contributed by atoms with Gasteiger partial charge in [-0.3, -0.25) is 4.79 Å². The van der Waals surface area contributed by atoms with E-state index in [1.54, 1.807) is 20.3 Å². The van der Waals surface area contributed by atoms with Gasteiger partial charge in [-0.15, -0.1) is 0 Å². The summed E-state index contributed by atoms with van der Waals surface area (Å²) in [7, 11) is 3.30. The summed E-state index contributed by atoms with van der Waals surface area (Å²) >= 11 is 0. The van der Waals surface area contributed by atoms with E-state index in [1.807, 2.05) is 36.1 Å². The molecule has 0 radical (unpaired) electrons. The van der Waals surface area contributed by atoms with Gasteiger partial charge in [-0.25, -0.2) is 9.97 Å². The summed E-state index contributed by atoms with van der Waals surface area (Å²) in [6, 6.07) is 9.73. The van der Waals surface area contributed by atoms with Gasteiger partial charge < -0.3 is 24.6 Å². The first-order valence-electron chi connectivity index (χ1n) is 9.37. The van der Waals surface area contributed by atoms with Crippen LogP contribution in [0.15, 0.2) is 30.3 Å². The number of ether oxygens (including phenoxy) is 2. The molecule has 28 heavy (non-hydrogen) atoms. The van der Waals surface area contributed by atoms with E-state index < -0.39 is 0 Å². The Labute approximate surface area is 165 Å². The molecule has 1 aliphatic rings. The first-order valence-corrected chi connectivity index (χ1v) is 9.37. The number of nitrogens with zero attached hydrogens (tertiary/aromatic N) is 4. The second kappa shape index (κ2) is 9.36. The van der Waals surface area contributed by atoms with Crippen molar-refractivity contribution in [3.05, 3.63) is 41.7 Å². The molecule has 1 aliphatic heterocycles. The number of piperazine rings is 1. The Balaban J connectivity index is 1.61. The third-order valence-electron chi connectivity index (χ3n) is 4.67. The van der Waals surface area contributed by atoms with Crippen LogP contribution in [0.5, 0.6) is 5.75 Å². The molecule has 0 atom stereocenters. The number of methoxy groups -OCH3 is 2. The summed E-state index contributed by atoms with van der Waals surface area (Å²) in [5.74, 6) is 1.23. The summed E-state index contributed by atoms with van der Waals surface area (Å²) in [6.07, 6.45) is 0. The summed E-state index contributed by atoms with van der Waals surface area (Å²) in [5, 5.41) is 3.09. The van der Waals surface area contributed by atoms with E-state index in [4.69, 9.17) is 9.47 Å². The van der Waals surface area contributed by atoms with Gasteiger partial charge in [0.15, 0.2) is 0 Å². The van der Waals surface area contributed by atoms with Crippen LogP contribution in [0.2, 0.25) is 0 Å². The van der Waals surface area contributed by atoms with Crippen LogP contribution >= 0.6 is 0 Å². The Morgan fingerprint density at radius 1 is 1.11 bits per heavy atom. The maximum Gasteiger partial charge on any atom is 0.272 e. The Hall–Kier alpha value is -2.87. The molecular weight excluding hydrogens is 358 g/mol. The lowest BCUT2D eigenvalue weighted by Crippen LogP contribution is -2.49. The Bertz CT molecular complexity index is 789. The summed E-state index contributed by atoms with van der Waals surface area (Å²) < 4.78 is 10.2. The van der Waals surface area contributed by atoms with Crippen LogP contribution in [0.4, 0.5) is 11.6 Å². The van der Waals surface area contributed by atoms with Crippen molar-refractivity contribution in [1.82, 2.24) is 14.9 Å². The number of carbonyl (C=O) groups excluding carboxylic acids is 1. The molecule has 0 unspecified atom stereocenters. The van der Waals surface area contributed by atoms with Crippen molar-refractivity contribution in [3.63, 3.8) is 0 Å². The Morgan fingerprint density at radius 2 is 1.82 bits per heavy atom. The highest BCUT2D eigenvalue weighted by molar-refractivity contribution is 5.92. The smallest absolute Gasteiger partial charge is 0.272 e. The number of amides is 1. The number of hydrogen-bond donors (Lipinski definition) is 1. The average Bonchev–Trinajstić information content (AvgIpc) is 2.73. The maximum atomic E-state index is 12.9. The zero-order valence-corrected chi connectivity index (χ0v) is 16.6. The zero-order valence-electron chi connectivity index (χ0n) is 16.6. The zero-order chi connectivity index (χ0) is 19.9. The topological polar surface area (TPSA) is 79.8 Å². The molecule has 0 aliphatic carbocycles. The Kier molecular flexibility index (Phi) is 6.65. The number of benzene rings is 1. The van der Waals surface area contributed by atoms with E-state index >= 15 is 0 Å². The minimum Gasteiger partial charge on any atom is -0.497 e. The van der Waals surface area contributed by atoms with Crippen molar-refractivity contribution < 1.29 is 14.3 Å². The predicted octanol–water partition coefficient (Wildman–Crippen LogP) is 1.81. The predicted molar refractivity (Wildman–Crippen MR) is 108 cm³/mol. The minimum atomic E-state index is -0.0605. The van der Waals surface area contributed by atoms with Gasteiger partial charge in [0.1, 0.15) is 11.4 Å². The van der Waals surface area contributed by atoms with Crippen molar-refractivity contribution in [2.24, 2.45) is 0 Å². The molecule has 1 fully saturated rings. The number of nitrogens with one attached hydrogen (secondary N) is 1. The molecule has 8 nitrogen and oxygen atoms in total. The van der Waals surface area contributed by atoms with Gasteiger partial charge in [0.25, 0.3) is 5.91 Å². The number of hydrogen-bond acceptors (Lipinski definition) is 7. The van der Waals surface area contributed by atoms with Gasteiger partial charge in [-0.2, -0.15) is 0 Å². The SMILES string of the molecule is COCCNc1nc(C)cc(C(=O)N2CCN(c3ccc(OC)cc3)CC2)n1. The Morgan fingerprint density at radius 3 is 2.46 bits per heavy atom. The lowest BCUT2D eigenvalue weighted by Gasteiger charge is -2.36. The molecule has 0 spiro atoms. The maximum absolute atomic E-state index is 12.9. The van der Waals surface area contributed by atoms with Crippen LogP contribution in [-0.2, 0) is 4.74 Å². The third kappa shape index (κ3) is 4.89. The van der Waals surface area contributed by atoms with E-state index in [2.05, 4.69) is 20.2 Å². The van der Waals surface area contributed by atoms with E-state index in [-0.39, 0.29) is 5.91 Å². The van der Waals surface area contributed by atoms with E-state index in [9.17, 15) is 4.79 Å². The van der Waals surface area contributed by atoms with Gasteiger partial charge in [-0.05, 0) is 37.3 Å². The van der Waals surface area contributed by atoms with Gasteiger partial charge in [0.05, 0.1) is 13.7 Å². The van der Waals surface area contributed by atoms with Crippen LogP contribution in [0.3, 0.4) is 0 Å². The minimum absolute atomic E-state index is 0.0605. The molecule has 1 amide bonds. The van der Waals surface area contributed by atoms with Gasteiger partial charge in [-0.1, -0.05) is 0 Å². The highest BCUT2D eigenvalue weighted by atomic mass is 16.5. The molecular formula is C20H27N5O3. The average molecular weight is 385 g/mol. The van der Waals surface area contributed by atoms with Crippen molar-refractivity contribution in [2.45, 2.75) is 6.92 Å². The molecule has 1 aromatic heterocycles. The fourth-order valence-electron chi connectivity index (χ4n) is 3.14. The fraction of sp³-hybridized carbons (Fsp3) is 0.450. The van der Waals surface area contributed by atoms with E-state index in [1.165, 1.54) is 0 Å². The number of aryl methyl sites for hydroxylation is 1. The van der Waals surface area contributed by atoms with Gasteiger partial charge >= 0.3 is 0 Å². The van der Waals surface area contributed by atoms with Crippen LogP contribution in [0, 0.1) is 6.92 Å². The molecule has 0 saturated carbocycles. The number of aromatic nitrogens is 2. The van der Waals surface area contributed by atoms with E-state index in [0.717, 1.165) is 30.2 Å². The van der Waals surface area contributed by atoms with Crippen molar-refractivity contribution in [2.75, 3.05) is 63.8 Å². The van der Waals surface area contributed by atoms with Crippen LogP contribution in [0.1, 0.15) is 16.2 Å². The number of rotatable bonds is 7. The molecule has 1 N–H and O–H groups in total. The highest BCUT2D eigenvalue weighted by Gasteiger charge is 2.24. The van der Waals surface area contributed by atoms with Crippen molar-refractivity contribution in [1.29, 1.82) is 0 Å². The first kappa shape index (κ1) is 19.9. The second-order valence-electron chi connectivity index (χ2n) is 6.62. The molecule has 0 bridgehead atoms. The third-order valence-corrected chi connectivity index (χ3v) is 4.67. The van der Waals surface area contributed by atoms with Crippen molar-refractivity contribution in [3.8, 4) is 5.75 Å². The number of anilines is 2. The molecule has 1 aromatic carbocycles. The largest absolute Gasteiger partial charge is 0.497 e. The quantitative estimate of drug-likeness (QED) is 0.728. The first-order chi connectivity index (χ1) is 13.6. The van der Waals surface area contributed by atoms with Crippen LogP contribution in [-0.4, -0.2) is 74.3 Å². The number of carbonyl (C=O) groups is 1. The standard InChI is InChI=1S/C20H27N5O3/c1-15-14-18(23-20(22-15)21-8-13-27-2)19(26)25-11-9-24(10-12-25)16-4-6-17(28-3)7-5-16/h4-7,14H,8-13H2,1-3H3,(H,21,22,23). The molecule has 3 rings (SSSR count). The highest BCUT2D eigenvalue weighted by Crippen LogP contribution is 2.21. The molecule has 1 saturated heterocycles. The second-order valence-corrected chi connectivity index (χ2v) is 6.62. The molecule has 2 aromatic rings. The van der Waals surface area contributed by atoms with Crippen LogP contribution < -0.4 is 15.0 Å². The summed E-state index contributed by atoms with van der Waals surface area (Å²) in [4.78, 5) is 25.7. The van der Waals surface area contributed by atoms with Gasteiger partial charge in [0.2, 0.25) is 5.95 Å². The van der Waals surface area contributed by atoms with Crippen LogP contribution in [0.25, 0.3) is 0 Å². The fourth-order valence-corrected chi connectivity index (χ4v) is 3.14. The monoisotopic (exact) mass is 385 g/mol. The molecule has 2 heterocycles. The summed E-state index contributed by atoms with van der Waals surface area (Å²) in [6.45, 7) is 5.87. The molecule has 8 heteroatoms.